The predicted octanol–water partition coefficient (Wildman–Crippen LogP) is 2.45. The van der Waals surface area contributed by atoms with Gasteiger partial charge in [-0.25, -0.2) is 4.98 Å². The molecule has 72 valence electrons. The third kappa shape index (κ3) is 2.17. The van der Waals surface area contributed by atoms with Gasteiger partial charge in [-0.15, -0.1) is 0 Å². The zero-order chi connectivity index (χ0) is 9.68. The van der Waals surface area contributed by atoms with Crippen LogP contribution >= 0.6 is 0 Å². The lowest BCUT2D eigenvalue weighted by atomic mass is 10.1. The molecular formula is C10H16N2O. The average Bonchev–Trinajstić information content (AvgIpc) is 2.61. The van der Waals surface area contributed by atoms with E-state index in [9.17, 15) is 4.79 Å². The molecule has 1 unspecified atom stereocenters. The fourth-order valence-corrected chi connectivity index (χ4v) is 1.58. The van der Waals surface area contributed by atoms with Crippen molar-refractivity contribution in [3.8, 4) is 0 Å². The van der Waals surface area contributed by atoms with Crippen molar-refractivity contribution in [3.05, 3.63) is 18.2 Å². The molecule has 0 N–H and O–H groups in total. The minimum absolute atomic E-state index is 0.424. The molecule has 3 nitrogen and oxygen atoms in total. The van der Waals surface area contributed by atoms with E-state index in [0.717, 1.165) is 25.5 Å². The number of hydrogen-bond donors (Lipinski definition) is 0. The van der Waals surface area contributed by atoms with E-state index in [1.165, 1.54) is 0 Å². The van der Waals surface area contributed by atoms with Crippen LogP contribution in [0.5, 0.6) is 0 Å². The Morgan fingerprint density at radius 3 is 2.92 bits per heavy atom. The second-order valence-electron chi connectivity index (χ2n) is 3.19. The standard InChI is InChI=1S/C10H16N2O/c1-3-5-9(4-2)12-8-11-6-10(12)7-13/h6-9H,3-5H2,1-2H3. The second kappa shape index (κ2) is 4.80. The second-order valence-corrected chi connectivity index (χ2v) is 3.19. The molecule has 1 aromatic heterocycles. The highest BCUT2D eigenvalue weighted by Gasteiger charge is 2.10. The summed E-state index contributed by atoms with van der Waals surface area (Å²) in [5, 5.41) is 0. The molecule has 0 spiro atoms. The highest BCUT2D eigenvalue weighted by molar-refractivity contribution is 5.71. The minimum atomic E-state index is 0.424. The monoisotopic (exact) mass is 180 g/mol. The molecule has 1 aromatic rings. The average molecular weight is 180 g/mol. The normalized spacial score (nSPS) is 12.8. The number of carbonyl (C=O) groups is 1. The molecule has 0 saturated heterocycles. The molecule has 0 aromatic carbocycles. The van der Waals surface area contributed by atoms with E-state index >= 15 is 0 Å². The Morgan fingerprint density at radius 2 is 2.38 bits per heavy atom. The number of aromatic nitrogens is 2. The van der Waals surface area contributed by atoms with Crippen molar-refractivity contribution in [1.29, 1.82) is 0 Å². The van der Waals surface area contributed by atoms with E-state index in [2.05, 4.69) is 18.8 Å². The van der Waals surface area contributed by atoms with E-state index in [4.69, 9.17) is 0 Å². The third-order valence-corrected chi connectivity index (χ3v) is 2.30. The van der Waals surface area contributed by atoms with Crippen LogP contribution in [0.15, 0.2) is 12.5 Å². The van der Waals surface area contributed by atoms with Crippen LogP contribution in [0.2, 0.25) is 0 Å². The minimum Gasteiger partial charge on any atom is -0.325 e. The Kier molecular flexibility index (Phi) is 3.68. The summed E-state index contributed by atoms with van der Waals surface area (Å²) in [6, 6.07) is 0.424. The maximum atomic E-state index is 10.7. The fourth-order valence-electron chi connectivity index (χ4n) is 1.58. The number of rotatable bonds is 5. The smallest absolute Gasteiger partial charge is 0.168 e. The first-order valence-electron chi connectivity index (χ1n) is 4.80. The van der Waals surface area contributed by atoms with Gasteiger partial charge in [0.25, 0.3) is 0 Å². The van der Waals surface area contributed by atoms with Gasteiger partial charge in [-0.3, -0.25) is 4.79 Å². The molecular weight excluding hydrogens is 164 g/mol. The van der Waals surface area contributed by atoms with E-state index < -0.39 is 0 Å². The van der Waals surface area contributed by atoms with Crippen molar-refractivity contribution in [3.63, 3.8) is 0 Å². The summed E-state index contributed by atoms with van der Waals surface area (Å²) in [6.07, 6.45) is 7.51. The van der Waals surface area contributed by atoms with Gasteiger partial charge in [0, 0.05) is 6.04 Å². The fraction of sp³-hybridized carbons (Fsp3) is 0.600. The van der Waals surface area contributed by atoms with Crippen molar-refractivity contribution in [2.75, 3.05) is 0 Å². The summed E-state index contributed by atoms with van der Waals surface area (Å²) < 4.78 is 1.97. The first-order valence-corrected chi connectivity index (χ1v) is 4.80. The van der Waals surface area contributed by atoms with Crippen molar-refractivity contribution in [2.45, 2.75) is 39.2 Å². The molecule has 0 bridgehead atoms. The van der Waals surface area contributed by atoms with Gasteiger partial charge < -0.3 is 4.57 Å². The maximum absolute atomic E-state index is 10.7. The molecule has 0 aliphatic heterocycles. The Balaban J connectivity index is 2.83. The topological polar surface area (TPSA) is 34.9 Å². The SMILES string of the molecule is CCCC(CC)n1cncc1C=O. The van der Waals surface area contributed by atoms with Gasteiger partial charge in [-0.1, -0.05) is 20.3 Å². The first-order chi connectivity index (χ1) is 6.33. The summed E-state index contributed by atoms with van der Waals surface area (Å²) in [5.41, 5.74) is 0.681. The molecule has 1 rings (SSSR count). The van der Waals surface area contributed by atoms with Gasteiger partial charge in [0.05, 0.1) is 12.5 Å². The Morgan fingerprint density at radius 1 is 1.62 bits per heavy atom. The van der Waals surface area contributed by atoms with Gasteiger partial charge in [0.15, 0.2) is 6.29 Å². The van der Waals surface area contributed by atoms with Gasteiger partial charge in [-0.2, -0.15) is 0 Å². The number of nitrogens with zero attached hydrogens (tertiary/aromatic N) is 2. The van der Waals surface area contributed by atoms with E-state index in [1.807, 2.05) is 4.57 Å². The van der Waals surface area contributed by atoms with Gasteiger partial charge in [0.2, 0.25) is 0 Å². The Labute approximate surface area is 78.8 Å². The molecule has 0 radical (unpaired) electrons. The number of carbonyl (C=O) groups excluding carboxylic acids is 1. The van der Waals surface area contributed by atoms with Crippen molar-refractivity contribution in [1.82, 2.24) is 9.55 Å². The van der Waals surface area contributed by atoms with Crippen LogP contribution < -0.4 is 0 Å². The van der Waals surface area contributed by atoms with E-state index in [1.54, 1.807) is 12.5 Å². The molecule has 0 saturated carbocycles. The third-order valence-electron chi connectivity index (χ3n) is 2.30. The molecule has 0 fully saturated rings. The van der Waals surface area contributed by atoms with Gasteiger partial charge in [0.1, 0.15) is 5.69 Å². The van der Waals surface area contributed by atoms with E-state index in [0.29, 0.717) is 11.7 Å². The lowest BCUT2D eigenvalue weighted by Gasteiger charge is -2.16. The lowest BCUT2D eigenvalue weighted by Crippen LogP contribution is -2.09. The number of hydrogen-bond acceptors (Lipinski definition) is 2. The zero-order valence-corrected chi connectivity index (χ0v) is 8.23. The maximum Gasteiger partial charge on any atom is 0.168 e. The predicted molar refractivity (Wildman–Crippen MR) is 51.9 cm³/mol. The van der Waals surface area contributed by atoms with Crippen LogP contribution in [0.1, 0.15) is 49.6 Å². The van der Waals surface area contributed by atoms with Crippen LogP contribution in [0.4, 0.5) is 0 Å². The van der Waals surface area contributed by atoms with Crippen molar-refractivity contribution < 1.29 is 4.79 Å². The summed E-state index contributed by atoms with van der Waals surface area (Å²) in [6.45, 7) is 4.29. The first kappa shape index (κ1) is 9.96. The summed E-state index contributed by atoms with van der Waals surface area (Å²) in [7, 11) is 0. The highest BCUT2D eigenvalue weighted by atomic mass is 16.1. The molecule has 0 amide bonds. The van der Waals surface area contributed by atoms with Crippen molar-refractivity contribution in [2.24, 2.45) is 0 Å². The molecule has 13 heavy (non-hydrogen) atoms. The van der Waals surface area contributed by atoms with Crippen LogP contribution in [0, 0.1) is 0 Å². The van der Waals surface area contributed by atoms with Crippen LogP contribution in [0.25, 0.3) is 0 Å². The van der Waals surface area contributed by atoms with Gasteiger partial charge in [-0.05, 0) is 12.8 Å². The van der Waals surface area contributed by atoms with Gasteiger partial charge >= 0.3 is 0 Å². The molecule has 1 heterocycles. The largest absolute Gasteiger partial charge is 0.325 e. The Hall–Kier alpha value is -1.12. The molecule has 3 heteroatoms. The van der Waals surface area contributed by atoms with Crippen LogP contribution in [-0.2, 0) is 0 Å². The number of aldehydes is 1. The molecule has 1 atom stereocenters. The highest BCUT2D eigenvalue weighted by Crippen LogP contribution is 2.18. The summed E-state index contributed by atoms with van der Waals surface area (Å²) >= 11 is 0. The molecule has 0 aliphatic carbocycles. The quantitative estimate of drug-likeness (QED) is 0.652. The van der Waals surface area contributed by atoms with Crippen LogP contribution in [0.3, 0.4) is 0 Å². The lowest BCUT2D eigenvalue weighted by molar-refractivity contribution is 0.111. The Bertz CT molecular complexity index is 268. The molecule has 0 aliphatic rings. The van der Waals surface area contributed by atoms with E-state index in [-0.39, 0.29) is 0 Å². The number of imidazole rings is 1. The summed E-state index contributed by atoms with van der Waals surface area (Å²) in [5.74, 6) is 0. The summed E-state index contributed by atoms with van der Waals surface area (Å²) in [4.78, 5) is 14.6. The van der Waals surface area contributed by atoms with Crippen LogP contribution in [-0.4, -0.2) is 15.8 Å². The van der Waals surface area contributed by atoms with Crippen molar-refractivity contribution >= 4 is 6.29 Å². The zero-order valence-electron chi connectivity index (χ0n) is 8.23.